The number of rotatable bonds is 6. The summed E-state index contributed by atoms with van der Waals surface area (Å²) in [6, 6.07) is 7.94. The molecule has 0 unspecified atom stereocenters. The predicted octanol–water partition coefficient (Wildman–Crippen LogP) is 7.34. The quantitative estimate of drug-likeness (QED) is 0.218. The molecule has 6 rings (SSSR count). The van der Waals surface area contributed by atoms with Crippen LogP contribution < -0.4 is 5.32 Å². The van der Waals surface area contributed by atoms with Crippen LogP contribution in [0.5, 0.6) is 0 Å². The topological polar surface area (TPSA) is 89.4 Å². The van der Waals surface area contributed by atoms with Gasteiger partial charge in [0.25, 0.3) is 0 Å². The lowest BCUT2D eigenvalue weighted by Gasteiger charge is -2.53. The van der Waals surface area contributed by atoms with Gasteiger partial charge in [-0.3, -0.25) is 0 Å². The lowest BCUT2D eigenvalue weighted by Crippen LogP contribution is -2.53. The lowest BCUT2D eigenvalue weighted by atomic mass is 9.53. The molecule has 2 amide bonds. The van der Waals surface area contributed by atoms with Crippen LogP contribution in [0.4, 0.5) is 44.3 Å². The Morgan fingerprint density at radius 3 is 1.96 bits per heavy atom. The summed E-state index contributed by atoms with van der Waals surface area (Å²) in [4.78, 5) is 29.2. The maximum absolute atomic E-state index is 13.7. The van der Waals surface area contributed by atoms with Gasteiger partial charge in [0.05, 0.1) is 17.7 Å². The number of nitrogens with one attached hydrogen (secondary N) is 1. The summed E-state index contributed by atoms with van der Waals surface area (Å²) in [7, 11) is 1.56. The van der Waals surface area contributed by atoms with Crippen LogP contribution in [0.15, 0.2) is 48.5 Å². The van der Waals surface area contributed by atoms with Gasteiger partial charge in [-0.2, -0.15) is 44.6 Å². The molecule has 1 N–H and O–H groups in total. The number of carbonyl (C=O) groups is 2. The Morgan fingerprint density at radius 1 is 0.830 bits per heavy atom. The summed E-state index contributed by atoms with van der Waals surface area (Å²) >= 11 is 0. The highest BCUT2D eigenvalue weighted by molar-refractivity contribution is 5.79. The van der Waals surface area contributed by atoms with E-state index in [1.165, 1.54) is 28.8 Å². The molecule has 47 heavy (non-hydrogen) atoms. The number of amides is 2. The standard InChI is InChI=1S/C30H28F9N5O3/c1-43-22(19-7-3-5-9-21(19)29(34,35)36)41-42-23(43)27-13-10-26(11-14-27,12-15-27)17-44(47-24(45)30(37,38)39)25(46)40-16-18-6-2-4-8-20(18)28(31,32)33/h2-9H,10-17H2,1H3,(H,40,46). The molecule has 3 aliphatic rings. The molecule has 3 aromatic rings. The van der Waals surface area contributed by atoms with Gasteiger partial charge in [-0.05, 0) is 61.6 Å². The maximum atomic E-state index is 13.7. The Balaban J connectivity index is 1.34. The lowest BCUT2D eigenvalue weighted by molar-refractivity contribution is -0.233. The highest BCUT2D eigenvalue weighted by atomic mass is 19.4. The highest BCUT2D eigenvalue weighted by Gasteiger charge is 2.53. The Morgan fingerprint density at radius 2 is 1.38 bits per heavy atom. The SMILES string of the molecule is Cn1c(-c2ccccc2C(F)(F)F)nnc1C12CCC(CN(OC(=O)C(F)(F)F)C(=O)NCc3ccccc3C(F)(F)F)(CC1)CC2. The van der Waals surface area contributed by atoms with E-state index in [4.69, 9.17) is 0 Å². The predicted molar refractivity (Wildman–Crippen MR) is 146 cm³/mol. The maximum Gasteiger partial charge on any atom is 0.493 e. The molecular formula is C30H28F9N5O3. The number of halogens is 9. The Kier molecular flexibility index (Phi) is 8.73. The number of hydroxylamine groups is 2. The van der Waals surface area contributed by atoms with Gasteiger partial charge in [0, 0.05) is 24.6 Å². The summed E-state index contributed by atoms with van der Waals surface area (Å²) in [5, 5.41) is 10.7. The Hall–Kier alpha value is -4.31. The minimum atomic E-state index is -5.46. The molecule has 2 aromatic carbocycles. The number of aromatic nitrogens is 3. The van der Waals surface area contributed by atoms with Crippen LogP contribution in [0.3, 0.4) is 0 Å². The van der Waals surface area contributed by atoms with E-state index in [0.29, 0.717) is 44.3 Å². The summed E-state index contributed by atoms with van der Waals surface area (Å²) < 4.78 is 122. The second-order valence-corrected chi connectivity index (χ2v) is 12.0. The van der Waals surface area contributed by atoms with Crippen LogP contribution in [-0.4, -0.2) is 44.5 Å². The van der Waals surface area contributed by atoms with Crippen molar-refractivity contribution in [1.82, 2.24) is 25.1 Å². The molecular weight excluding hydrogens is 649 g/mol. The van der Waals surface area contributed by atoms with E-state index in [0.717, 1.165) is 24.3 Å². The Labute approximate surface area is 261 Å². The van der Waals surface area contributed by atoms with Crippen molar-refractivity contribution < 1.29 is 53.9 Å². The second kappa shape index (κ2) is 12.0. The fraction of sp³-hybridized carbons (Fsp3) is 0.467. The van der Waals surface area contributed by atoms with Gasteiger partial charge in [-0.1, -0.05) is 36.4 Å². The van der Waals surface area contributed by atoms with Gasteiger partial charge in [0.15, 0.2) is 5.82 Å². The van der Waals surface area contributed by atoms with E-state index in [2.05, 4.69) is 20.4 Å². The van der Waals surface area contributed by atoms with E-state index < -0.39 is 65.6 Å². The molecule has 0 radical (unpaired) electrons. The molecule has 3 fully saturated rings. The van der Waals surface area contributed by atoms with Crippen molar-refractivity contribution in [2.45, 2.75) is 69.0 Å². The zero-order chi connectivity index (χ0) is 34.4. The molecule has 0 saturated heterocycles. The van der Waals surface area contributed by atoms with Crippen molar-refractivity contribution in [3.05, 3.63) is 71.0 Å². The zero-order valence-electron chi connectivity index (χ0n) is 24.7. The first-order valence-electron chi connectivity index (χ1n) is 14.4. The van der Waals surface area contributed by atoms with E-state index in [9.17, 15) is 49.1 Å². The van der Waals surface area contributed by atoms with Crippen LogP contribution in [0.1, 0.15) is 61.0 Å². The first-order valence-corrected chi connectivity index (χ1v) is 14.4. The second-order valence-electron chi connectivity index (χ2n) is 12.0. The number of urea groups is 1. The third-order valence-electron chi connectivity index (χ3n) is 9.11. The summed E-state index contributed by atoms with van der Waals surface area (Å²) in [6.45, 7) is -1.18. The summed E-state index contributed by atoms with van der Waals surface area (Å²) in [5.41, 5.74) is -3.87. The number of alkyl halides is 9. The van der Waals surface area contributed by atoms with Gasteiger partial charge >= 0.3 is 30.5 Å². The normalized spacial score (nSPS) is 21.4. The number of hydrogen-bond donors (Lipinski definition) is 1. The van der Waals surface area contributed by atoms with Gasteiger partial charge in [-0.25, -0.2) is 9.59 Å². The molecule has 3 aliphatic carbocycles. The van der Waals surface area contributed by atoms with E-state index in [-0.39, 0.29) is 22.0 Å². The molecule has 0 spiro atoms. The zero-order valence-corrected chi connectivity index (χ0v) is 24.7. The third kappa shape index (κ3) is 6.88. The van der Waals surface area contributed by atoms with Gasteiger partial charge in [0.2, 0.25) is 0 Å². The van der Waals surface area contributed by atoms with Crippen LogP contribution in [-0.2, 0) is 41.0 Å². The average molecular weight is 678 g/mol. The first kappa shape index (κ1) is 34.0. The van der Waals surface area contributed by atoms with E-state index in [1.807, 2.05) is 0 Å². The fourth-order valence-corrected chi connectivity index (χ4v) is 6.60. The largest absolute Gasteiger partial charge is 0.493 e. The number of hydrogen-bond acceptors (Lipinski definition) is 5. The van der Waals surface area contributed by atoms with Crippen molar-refractivity contribution in [1.29, 1.82) is 0 Å². The highest BCUT2D eigenvalue weighted by Crippen LogP contribution is 2.58. The smallest absolute Gasteiger partial charge is 0.331 e. The molecule has 1 aromatic heterocycles. The Bertz CT molecular complexity index is 1620. The van der Waals surface area contributed by atoms with Crippen molar-refractivity contribution in [3.63, 3.8) is 0 Å². The number of nitrogens with zero attached hydrogens (tertiary/aromatic N) is 4. The minimum absolute atomic E-state index is 0.0127. The summed E-state index contributed by atoms with van der Waals surface area (Å²) in [6.07, 6.45) is -12.7. The van der Waals surface area contributed by atoms with Crippen molar-refractivity contribution in [2.24, 2.45) is 12.5 Å². The molecule has 1 heterocycles. The van der Waals surface area contributed by atoms with Crippen molar-refractivity contribution in [2.75, 3.05) is 6.54 Å². The van der Waals surface area contributed by atoms with Crippen LogP contribution in [0.25, 0.3) is 11.4 Å². The molecule has 0 atom stereocenters. The number of carbonyl (C=O) groups excluding carboxylic acids is 2. The molecule has 8 nitrogen and oxygen atoms in total. The molecule has 0 aliphatic heterocycles. The van der Waals surface area contributed by atoms with Gasteiger partial charge < -0.3 is 14.7 Å². The summed E-state index contributed by atoms with van der Waals surface area (Å²) in [5.74, 6) is -2.22. The van der Waals surface area contributed by atoms with Gasteiger partial charge in [0.1, 0.15) is 5.82 Å². The van der Waals surface area contributed by atoms with Crippen molar-refractivity contribution in [3.8, 4) is 11.4 Å². The van der Waals surface area contributed by atoms with E-state index >= 15 is 0 Å². The molecule has 254 valence electrons. The van der Waals surface area contributed by atoms with Crippen LogP contribution >= 0.6 is 0 Å². The average Bonchev–Trinajstić information content (AvgIpc) is 3.41. The fourth-order valence-electron chi connectivity index (χ4n) is 6.60. The first-order chi connectivity index (χ1) is 21.9. The minimum Gasteiger partial charge on any atom is -0.331 e. The van der Waals surface area contributed by atoms with Crippen LogP contribution in [0, 0.1) is 5.41 Å². The molecule has 3 saturated carbocycles. The van der Waals surface area contributed by atoms with E-state index in [1.54, 1.807) is 7.05 Å². The number of fused-ring (bicyclic) bond motifs is 3. The monoisotopic (exact) mass is 677 g/mol. The molecule has 2 bridgehead atoms. The third-order valence-corrected chi connectivity index (χ3v) is 9.11. The van der Waals surface area contributed by atoms with Gasteiger partial charge in [-0.15, -0.1) is 10.2 Å². The molecule has 17 heteroatoms. The van der Waals surface area contributed by atoms with Crippen molar-refractivity contribution >= 4 is 12.0 Å². The number of benzene rings is 2. The van der Waals surface area contributed by atoms with Crippen LogP contribution in [0.2, 0.25) is 0 Å².